The molecular formula is C3H4N3+. The maximum absolute atomic E-state index is 3.47. The van der Waals surface area contributed by atoms with Crippen molar-refractivity contribution in [2.45, 2.75) is 0 Å². The van der Waals surface area contributed by atoms with Crippen molar-refractivity contribution in [2.75, 3.05) is 0 Å². The Balaban J connectivity index is 2.86. The molecule has 6 heavy (non-hydrogen) atoms. The van der Waals surface area contributed by atoms with E-state index < -0.39 is 0 Å². The van der Waals surface area contributed by atoms with E-state index in [0.29, 0.717) is 0 Å². The largest absolute Gasteiger partial charge is 0.209 e. The highest BCUT2D eigenvalue weighted by Gasteiger charge is 1.93. The molecule has 0 unspecified atom stereocenters. The second kappa shape index (κ2) is 1.01. The van der Waals surface area contributed by atoms with Gasteiger partial charge in [0.25, 0.3) is 0 Å². The van der Waals surface area contributed by atoms with Crippen molar-refractivity contribution in [1.29, 1.82) is 0 Å². The molecule has 0 spiro atoms. The number of hydrogen-bond acceptors (Lipinski definition) is 2. The predicted molar refractivity (Wildman–Crippen MR) is 21.4 cm³/mol. The summed E-state index contributed by atoms with van der Waals surface area (Å²) in [5.74, 6) is 0. The van der Waals surface area contributed by atoms with Crippen LogP contribution in [-0.2, 0) is 0 Å². The van der Waals surface area contributed by atoms with Crippen LogP contribution in [0.2, 0.25) is 0 Å². The molecule has 1 rings (SSSR count). The van der Waals surface area contributed by atoms with Crippen LogP contribution in [-0.4, -0.2) is 11.4 Å². The average Bonchev–Trinajstić information content (AvgIpc) is 1.86. The summed E-state index contributed by atoms with van der Waals surface area (Å²) in [6, 6.07) is 0. The standard InChI is InChI=1S/C3H4N3/c1-6-3-2-4-5-6/h2-3H,1H2/q+1. The third kappa shape index (κ3) is 0.337. The lowest BCUT2D eigenvalue weighted by molar-refractivity contribution is -0.454. The van der Waals surface area contributed by atoms with Crippen molar-refractivity contribution in [2.24, 2.45) is 10.3 Å². The van der Waals surface area contributed by atoms with Gasteiger partial charge >= 0.3 is 0 Å². The van der Waals surface area contributed by atoms with Gasteiger partial charge in [-0.25, -0.2) is 0 Å². The number of hydrogen-bond donors (Lipinski definition) is 0. The molecule has 30 valence electrons. The van der Waals surface area contributed by atoms with E-state index in [0.717, 1.165) is 0 Å². The Bertz CT molecular complexity index is 108. The minimum Gasteiger partial charge on any atom is -0.113 e. The average molecular weight is 82.1 g/mol. The first kappa shape index (κ1) is 3.21. The molecular weight excluding hydrogens is 78.1 g/mol. The van der Waals surface area contributed by atoms with Gasteiger partial charge in [-0.05, 0) is 0 Å². The maximum Gasteiger partial charge on any atom is 0.209 e. The third-order valence-electron chi connectivity index (χ3n) is 0.472. The van der Waals surface area contributed by atoms with Crippen LogP contribution in [0.4, 0.5) is 0 Å². The van der Waals surface area contributed by atoms with E-state index in [1.165, 1.54) is 4.68 Å². The molecule has 1 aliphatic rings. The highest BCUT2D eigenvalue weighted by atomic mass is 15.5. The Morgan fingerprint density at radius 2 is 2.50 bits per heavy atom. The summed E-state index contributed by atoms with van der Waals surface area (Å²) < 4.78 is 1.39. The van der Waals surface area contributed by atoms with E-state index >= 15 is 0 Å². The minimum absolute atomic E-state index is 1.39. The molecule has 0 aromatic carbocycles. The maximum atomic E-state index is 3.47. The van der Waals surface area contributed by atoms with Crippen molar-refractivity contribution in [1.82, 2.24) is 0 Å². The van der Waals surface area contributed by atoms with Crippen LogP contribution in [0.3, 0.4) is 0 Å². The fraction of sp³-hybridized carbons (Fsp3) is 0. The highest BCUT2D eigenvalue weighted by Crippen LogP contribution is 1.88. The van der Waals surface area contributed by atoms with Crippen LogP contribution in [0.1, 0.15) is 0 Å². The molecule has 0 N–H and O–H groups in total. The SMILES string of the molecule is C=[N+]1C=CN=N1. The lowest BCUT2D eigenvalue weighted by Crippen LogP contribution is -1.79. The van der Waals surface area contributed by atoms with Crippen LogP contribution in [0.5, 0.6) is 0 Å². The topological polar surface area (TPSA) is 27.7 Å². The molecule has 1 aliphatic heterocycles. The summed E-state index contributed by atoms with van der Waals surface area (Å²) in [5.41, 5.74) is 0. The van der Waals surface area contributed by atoms with E-state index in [1.54, 1.807) is 12.4 Å². The van der Waals surface area contributed by atoms with E-state index in [4.69, 9.17) is 0 Å². The molecule has 0 radical (unpaired) electrons. The third-order valence-corrected chi connectivity index (χ3v) is 0.472. The monoisotopic (exact) mass is 82.0 g/mol. The molecule has 0 saturated carbocycles. The van der Waals surface area contributed by atoms with Gasteiger partial charge in [-0.15, -0.1) is 4.68 Å². The molecule has 0 aromatic heterocycles. The summed E-state index contributed by atoms with van der Waals surface area (Å²) in [6.45, 7) is 3.42. The second-order valence-electron chi connectivity index (χ2n) is 0.943. The Hall–Kier alpha value is -0.990. The molecule has 0 aromatic rings. The van der Waals surface area contributed by atoms with Gasteiger partial charge in [-0.2, -0.15) is 0 Å². The van der Waals surface area contributed by atoms with E-state index in [1.807, 2.05) is 0 Å². The van der Waals surface area contributed by atoms with E-state index in [9.17, 15) is 0 Å². The van der Waals surface area contributed by atoms with Crippen molar-refractivity contribution < 1.29 is 4.68 Å². The summed E-state index contributed by atoms with van der Waals surface area (Å²) in [6.07, 6.45) is 3.24. The summed E-state index contributed by atoms with van der Waals surface area (Å²) >= 11 is 0. The van der Waals surface area contributed by atoms with Crippen molar-refractivity contribution in [3.05, 3.63) is 12.4 Å². The molecule has 1 heterocycles. The Kier molecular flexibility index (Phi) is 0.538. The second-order valence-corrected chi connectivity index (χ2v) is 0.943. The molecule has 0 atom stereocenters. The Morgan fingerprint density at radius 3 is 2.67 bits per heavy atom. The van der Waals surface area contributed by atoms with Crippen LogP contribution in [0.15, 0.2) is 22.7 Å². The normalized spacial score (nSPS) is 17.0. The first-order valence-electron chi connectivity index (χ1n) is 1.57. The summed E-state index contributed by atoms with van der Waals surface area (Å²) in [5, 5.41) is 6.94. The molecule has 0 fully saturated rings. The van der Waals surface area contributed by atoms with Crippen molar-refractivity contribution in [3.8, 4) is 0 Å². The molecule has 3 nitrogen and oxygen atoms in total. The number of rotatable bonds is 0. The molecule has 0 amide bonds. The Morgan fingerprint density at radius 1 is 1.67 bits per heavy atom. The first-order valence-corrected chi connectivity index (χ1v) is 1.57. The summed E-state index contributed by atoms with van der Waals surface area (Å²) in [4.78, 5) is 0. The van der Waals surface area contributed by atoms with Crippen molar-refractivity contribution >= 4 is 6.72 Å². The van der Waals surface area contributed by atoms with Gasteiger partial charge < -0.3 is 0 Å². The lowest BCUT2D eigenvalue weighted by atomic mass is 10.9. The van der Waals surface area contributed by atoms with Crippen molar-refractivity contribution in [3.63, 3.8) is 0 Å². The van der Waals surface area contributed by atoms with Gasteiger partial charge in [0.2, 0.25) is 6.20 Å². The summed E-state index contributed by atoms with van der Waals surface area (Å²) in [7, 11) is 0. The van der Waals surface area contributed by atoms with Crippen LogP contribution in [0.25, 0.3) is 0 Å². The molecule has 0 aliphatic carbocycles. The molecule has 0 saturated heterocycles. The van der Waals surface area contributed by atoms with E-state index in [2.05, 4.69) is 17.1 Å². The van der Waals surface area contributed by atoms with Gasteiger partial charge in [0, 0.05) is 0 Å². The first-order chi connectivity index (χ1) is 2.89. The Labute approximate surface area is 35.3 Å². The van der Waals surface area contributed by atoms with Gasteiger partial charge in [0.1, 0.15) is 5.22 Å². The van der Waals surface area contributed by atoms with Crippen LogP contribution >= 0.6 is 0 Å². The zero-order valence-corrected chi connectivity index (χ0v) is 3.20. The van der Waals surface area contributed by atoms with Crippen LogP contribution in [0, 0.1) is 0 Å². The smallest absolute Gasteiger partial charge is 0.113 e. The fourth-order valence-corrected chi connectivity index (χ4v) is 0.233. The predicted octanol–water partition coefficient (Wildman–Crippen LogP) is 0.552. The zero-order valence-electron chi connectivity index (χ0n) is 3.20. The zero-order chi connectivity index (χ0) is 4.41. The fourth-order valence-electron chi connectivity index (χ4n) is 0.233. The van der Waals surface area contributed by atoms with Gasteiger partial charge in [0.05, 0.1) is 11.8 Å². The van der Waals surface area contributed by atoms with Gasteiger partial charge in [0.15, 0.2) is 6.20 Å². The highest BCUT2D eigenvalue weighted by molar-refractivity contribution is 5.15. The quantitative estimate of drug-likeness (QED) is 0.382. The van der Waals surface area contributed by atoms with E-state index in [-0.39, 0.29) is 0 Å². The number of nitrogens with zero attached hydrogens (tertiary/aromatic N) is 3. The molecule has 3 heteroatoms. The lowest BCUT2D eigenvalue weighted by Gasteiger charge is -1.64. The van der Waals surface area contributed by atoms with Gasteiger partial charge in [-0.3, -0.25) is 0 Å². The van der Waals surface area contributed by atoms with Crippen LogP contribution < -0.4 is 0 Å². The molecule has 0 bridgehead atoms. The minimum atomic E-state index is 1.39. The van der Waals surface area contributed by atoms with Gasteiger partial charge in [-0.1, -0.05) is 0 Å².